The Labute approximate surface area is 109 Å². The van der Waals surface area contributed by atoms with Crippen molar-refractivity contribution in [2.45, 2.75) is 26.2 Å². The van der Waals surface area contributed by atoms with Crippen molar-refractivity contribution in [1.82, 2.24) is 9.80 Å². The molecule has 0 saturated heterocycles. The van der Waals surface area contributed by atoms with Gasteiger partial charge in [-0.1, -0.05) is 13.3 Å². The molecule has 4 N–H and O–H groups in total. The van der Waals surface area contributed by atoms with Gasteiger partial charge in [0.05, 0.1) is 13.1 Å². The first-order valence-electron chi connectivity index (χ1n) is 6.46. The molecule has 6 heteroatoms. The van der Waals surface area contributed by atoms with Crippen LogP contribution in [0, 0.1) is 0 Å². The molecule has 6 nitrogen and oxygen atoms in total. The Bertz CT molecular complexity index is 258. The molecule has 0 bridgehead atoms. The Kier molecular flexibility index (Phi) is 9.22. The largest absolute Gasteiger partial charge is 0.369 e. The first kappa shape index (κ1) is 16.9. The third-order valence-corrected chi connectivity index (χ3v) is 2.69. The minimum atomic E-state index is -0.400. The van der Waals surface area contributed by atoms with E-state index in [1.165, 1.54) is 0 Å². The monoisotopic (exact) mass is 258 g/mol. The summed E-state index contributed by atoms with van der Waals surface area (Å²) in [6.07, 6.45) is 2.76. The van der Waals surface area contributed by atoms with Crippen LogP contribution in [0.1, 0.15) is 26.2 Å². The maximum absolute atomic E-state index is 11.9. The lowest BCUT2D eigenvalue weighted by Crippen LogP contribution is -2.43. The Morgan fingerprint density at radius 3 is 2.28 bits per heavy atom. The van der Waals surface area contributed by atoms with Gasteiger partial charge in [0.2, 0.25) is 11.8 Å². The molecule has 0 aromatic heterocycles. The SMILES string of the molecule is CCCCN(CC(N)=O)CC(=O)N(C)CCCN. The molecule has 0 fully saturated rings. The topological polar surface area (TPSA) is 92.7 Å². The van der Waals surface area contributed by atoms with Gasteiger partial charge in [-0.3, -0.25) is 14.5 Å². The number of unbranched alkanes of at least 4 members (excludes halogenated alkanes) is 1. The molecule has 0 rings (SSSR count). The third kappa shape index (κ3) is 8.03. The molecule has 0 aliphatic rings. The number of primary amides is 1. The molecular weight excluding hydrogens is 232 g/mol. The van der Waals surface area contributed by atoms with E-state index >= 15 is 0 Å². The van der Waals surface area contributed by atoms with Gasteiger partial charge in [0, 0.05) is 13.6 Å². The van der Waals surface area contributed by atoms with Crippen LogP contribution in [0.2, 0.25) is 0 Å². The molecule has 0 heterocycles. The highest BCUT2D eigenvalue weighted by molar-refractivity contribution is 5.80. The van der Waals surface area contributed by atoms with Crippen molar-refractivity contribution < 1.29 is 9.59 Å². The van der Waals surface area contributed by atoms with Gasteiger partial charge in [-0.25, -0.2) is 0 Å². The summed E-state index contributed by atoms with van der Waals surface area (Å²) in [6, 6.07) is 0. The van der Waals surface area contributed by atoms with Crippen molar-refractivity contribution in [3.63, 3.8) is 0 Å². The minimum Gasteiger partial charge on any atom is -0.369 e. The van der Waals surface area contributed by atoms with E-state index in [4.69, 9.17) is 11.5 Å². The number of carbonyl (C=O) groups excluding carboxylic acids is 2. The van der Waals surface area contributed by atoms with Gasteiger partial charge in [0.25, 0.3) is 0 Å². The zero-order valence-corrected chi connectivity index (χ0v) is 11.5. The summed E-state index contributed by atoms with van der Waals surface area (Å²) in [5.74, 6) is -0.399. The Morgan fingerprint density at radius 1 is 1.11 bits per heavy atom. The molecule has 0 spiro atoms. The van der Waals surface area contributed by atoms with Crippen molar-refractivity contribution in [1.29, 1.82) is 0 Å². The molecule has 0 aliphatic heterocycles. The average molecular weight is 258 g/mol. The average Bonchev–Trinajstić information content (AvgIpc) is 2.32. The van der Waals surface area contributed by atoms with E-state index in [0.29, 0.717) is 13.1 Å². The van der Waals surface area contributed by atoms with E-state index in [1.807, 2.05) is 0 Å². The lowest BCUT2D eigenvalue weighted by atomic mass is 10.3. The zero-order valence-electron chi connectivity index (χ0n) is 11.5. The van der Waals surface area contributed by atoms with Crippen molar-refractivity contribution in [3.05, 3.63) is 0 Å². The van der Waals surface area contributed by atoms with Crippen molar-refractivity contribution in [2.24, 2.45) is 11.5 Å². The second-order valence-electron chi connectivity index (χ2n) is 4.49. The van der Waals surface area contributed by atoms with Crippen molar-refractivity contribution in [3.8, 4) is 0 Å². The second-order valence-corrected chi connectivity index (χ2v) is 4.49. The number of carbonyl (C=O) groups is 2. The van der Waals surface area contributed by atoms with Crippen LogP contribution in [0.5, 0.6) is 0 Å². The molecule has 0 aromatic rings. The first-order chi connectivity index (χ1) is 8.51. The van der Waals surface area contributed by atoms with Crippen LogP contribution in [0.15, 0.2) is 0 Å². The molecule has 0 radical (unpaired) electrons. The maximum Gasteiger partial charge on any atom is 0.236 e. The van der Waals surface area contributed by atoms with Gasteiger partial charge in [0.1, 0.15) is 0 Å². The summed E-state index contributed by atoms with van der Waals surface area (Å²) >= 11 is 0. The van der Waals surface area contributed by atoms with E-state index in [1.54, 1.807) is 16.8 Å². The van der Waals surface area contributed by atoms with Crippen LogP contribution in [-0.4, -0.2) is 61.4 Å². The Hall–Kier alpha value is -1.14. The number of rotatable bonds is 10. The van der Waals surface area contributed by atoms with Crippen LogP contribution in [0.4, 0.5) is 0 Å². The molecule has 18 heavy (non-hydrogen) atoms. The predicted molar refractivity (Wildman–Crippen MR) is 71.9 cm³/mol. The summed E-state index contributed by atoms with van der Waals surface area (Å²) in [4.78, 5) is 26.3. The highest BCUT2D eigenvalue weighted by atomic mass is 16.2. The first-order valence-corrected chi connectivity index (χ1v) is 6.46. The number of nitrogens with two attached hydrogens (primary N) is 2. The van der Waals surface area contributed by atoms with E-state index < -0.39 is 5.91 Å². The smallest absolute Gasteiger partial charge is 0.236 e. The van der Waals surface area contributed by atoms with Crippen molar-refractivity contribution >= 4 is 11.8 Å². The fourth-order valence-corrected chi connectivity index (χ4v) is 1.58. The van der Waals surface area contributed by atoms with Crippen LogP contribution in [-0.2, 0) is 9.59 Å². The summed E-state index contributed by atoms with van der Waals surface area (Å²) in [7, 11) is 1.75. The number of hydrogen-bond acceptors (Lipinski definition) is 4. The molecule has 0 saturated carbocycles. The van der Waals surface area contributed by atoms with Gasteiger partial charge in [-0.05, 0) is 25.9 Å². The molecule has 0 atom stereocenters. The lowest BCUT2D eigenvalue weighted by Gasteiger charge is -2.23. The second kappa shape index (κ2) is 9.85. The number of likely N-dealkylation sites (N-methyl/N-ethyl adjacent to an activating group) is 1. The number of hydrogen-bond donors (Lipinski definition) is 2. The molecule has 2 amide bonds. The molecule has 0 unspecified atom stereocenters. The van der Waals surface area contributed by atoms with Crippen LogP contribution in [0.3, 0.4) is 0 Å². The summed E-state index contributed by atoms with van der Waals surface area (Å²) < 4.78 is 0. The normalized spacial score (nSPS) is 10.7. The summed E-state index contributed by atoms with van der Waals surface area (Å²) in [5.41, 5.74) is 10.6. The van der Waals surface area contributed by atoms with Crippen molar-refractivity contribution in [2.75, 3.05) is 39.8 Å². The number of amides is 2. The van der Waals surface area contributed by atoms with Gasteiger partial charge in [-0.2, -0.15) is 0 Å². The van der Waals surface area contributed by atoms with Crippen LogP contribution < -0.4 is 11.5 Å². The van der Waals surface area contributed by atoms with Gasteiger partial charge in [0.15, 0.2) is 0 Å². The zero-order chi connectivity index (χ0) is 14.0. The quantitative estimate of drug-likeness (QED) is 0.546. The molecular formula is C12H26N4O2. The maximum atomic E-state index is 11.9. The molecule has 0 aromatic carbocycles. The molecule has 106 valence electrons. The highest BCUT2D eigenvalue weighted by Gasteiger charge is 2.15. The minimum absolute atomic E-state index is 0.000744. The summed E-state index contributed by atoms with van der Waals surface area (Å²) in [5, 5.41) is 0. The van der Waals surface area contributed by atoms with E-state index in [-0.39, 0.29) is 19.0 Å². The van der Waals surface area contributed by atoms with E-state index in [0.717, 1.165) is 25.8 Å². The number of nitrogens with zero attached hydrogens (tertiary/aromatic N) is 2. The fraction of sp³-hybridized carbons (Fsp3) is 0.833. The van der Waals surface area contributed by atoms with Gasteiger partial charge < -0.3 is 16.4 Å². The van der Waals surface area contributed by atoms with Crippen LogP contribution >= 0.6 is 0 Å². The fourth-order valence-electron chi connectivity index (χ4n) is 1.58. The van der Waals surface area contributed by atoms with Gasteiger partial charge >= 0.3 is 0 Å². The standard InChI is InChI=1S/C12H26N4O2/c1-3-4-8-16(9-11(14)17)10-12(18)15(2)7-5-6-13/h3-10,13H2,1-2H3,(H2,14,17). The lowest BCUT2D eigenvalue weighted by molar-refractivity contribution is -0.131. The highest BCUT2D eigenvalue weighted by Crippen LogP contribution is 1.97. The van der Waals surface area contributed by atoms with E-state index in [9.17, 15) is 9.59 Å². The third-order valence-electron chi connectivity index (χ3n) is 2.69. The Morgan fingerprint density at radius 2 is 1.78 bits per heavy atom. The van der Waals surface area contributed by atoms with Gasteiger partial charge in [-0.15, -0.1) is 0 Å². The Balaban J connectivity index is 4.19. The van der Waals surface area contributed by atoms with E-state index in [2.05, 4.69) is 6.92 Å². The predicted octanol–water partition coefficient (Wildman–Crippen LogP) is -0.619. The van der Waals surface area contributed by atoms with Crippen LogP contribution in [0.25, 0.3) is 0 Å². The summed E-state index contributed by atoms with van der Waals surface area (Å²) in [6.45, 7) is 4.38. The molecule has 0 aliphatic carbocycles.